The summed E-state index contributed by atoms with van der Waals surface area (Å²) in [7, 11) is 0. The van der Waals surface area contributed by atoms with Crippen LogP contribution in [0.15, 0.2) is 72.8 Å². The van der Waals surface area contributed by atoms with E-state index in [2.05, 4.69) is 11.8 Å². The largest absolute Gasteiger partial charge is 0.491 e. The summed E-state index contributed by atoms with van der Waals surface area (Å²) in [4.78, 5) is 26.3. The topological polar surface area (TPSA) is 55.8 Å². The van der Waals surface area contributed by atoms with Gasteiger partial charge in [-0.2, -0.15) is 0 Å². The number of imide groups is 1. The number of rotatable bonds is 5. The summed E-state index contributed by atoms with van der Waals surface area (Å²) in [5.41, 5.74) is 1.62. The highest BCUT2D eigenvalue weighted by Crippen LogP contribution is 2.25. The third kappa shape index (κ3) is 4.50. The Bertz CT molecular complexity index is 1170. The summed E-state index contributed by atoms with van der Waals surface area (Å²) in [6, 6.07) is 21.1. The molecule has 0 aliphatic carbocycles. The average Bonchev–Trinajstić information content (AvgIpc) is 3.04. The van der Waals surface area contributed by atoms with E-state index in [9.17, 15) is 9.59 Å². The monoisotopic (exact) mass is 425 g/mol. The molecule has 1 aliphatic heterocycles. The van der Waals surface area contributed by atoms with Crippen molar-refractivity contribution in [1.29, 1.82) is 0 Å². The summed E-state index contributed by atoms with van der Waals surface area (Å²) in [6.45, 7) is 5.71. The molecule has 5 heteroatoms. The van der Waals surface area contributed by atoms with Gasteiger partial charge in [0.25, 0.3) is 11.8 Å². The van der Waals surface area contributed by atoms with Gasteiger partial charge in [0.05, 0.1) is 23.3 Å². The molecule has 0 aromatic heterocycles. The Kier molecular flexibility index (Phi) is 5.96. The number of carbonyl (C=O) groups is 2. The van der Waals surface area contributed by atoms with Gasteiger partial charge in [0.2, 0.25) is 0 Å². The van der Waals surface area contributed by atoms with E-state index in [1.54, 1.807) is 31.2 Å². The molecule has 3 aromatic carbocycles. The summed E-state index contributed by atoms with van der Waals surface area (Å²) >= 11 is 0. The normalized spacial score (nSPS) is 13.4. The van der Waals surface area contributed by atoms with E-state index in [-0.39, 0.29) is 17.9 Å². The van der Waals surface area contributed by atoms with Crippen molar-refractivity contribution in [1.82, 2.24) is 4.90 Å². The number of hydrogen-bond acceptors (Lipinski definition) is 4. The fraction of sp³-hybridized carbons (Fsp3) is 0.185. The molecule has 0 saturated carbocycles. The first-order chi connectivity index (χ1) is 15.4. The van der Waals surface area contributed by atoms with Crippen LogP contribution in [-0.2, 0) is 0 Å². The second kappa shape index (κ2) is 8.99. The summed E-state index contributed by atoms with van der Waals surface area (Å²) in [5, 5.41) is 0. The lowest BCUT2D eigenvalue weighted by molar-refractivity contribution is 0.0630. The summed E-state index contributed by atoms with van der Waals surface area (Å²) < 4.78 is 11.5. The Balaban J connectivity index is 1.40. The van der Waals surface area contributed by atoms with Gasteiger partial charge in [-0.15, -0.1) is 0 Å². The van der Waals surface area contributed by atoms with Crippen molar-refractivity contribution in [2.75, 3.05) is 0 Å². The van der Waals surface area contributed by atoms with Gasteiger partial charge in [-0.3, -0.25) is 14.5 Å². The highest BCUT2D eigenvalue weighted by molar-refractivity contribution is 6.21. The third-order valence-electron chi connectivity index (χ3n) is 4.92. The van der Waals surface area contributed by atoms with Crippen LogP contribution in [0.4, 0.5) is 0 Å². The van der Waals surface area contributed by atoms with Gasteiger partial charge < -0.3 is 9.47 Å². The maximum atomic E-state index is 12.6. The summed E-state index contributed by atoms with van der Waals surface area (Å²) in [6.07, 6.45) is 0.121. The molecule has 2 amide bonds. The van der Waals surface area contributed by atoms with Gasteiger partial charge in [0.15, 0.2) is 0 Å². The van der Waals surface area contributed by atoms with Crippen LogP contribution in [0.1, 0.15) is 47.1 Å². The minimum atomic E-state index is -0.537. The minimum absolute atomic E-state index is 0.121. The number of hydrogen-bond donors (Lipinski definition) is 0. The molecule has 5 nitrogen and oxygen atoms in total. The van der Waals surface area contributed by atoms with Crippen LogP contribution in [0.25, 0.3) is 0 Å². The molecule has 1 atom stereocenters. The van der Waals surface area contributed by atoms with E-state index in [1.165, 1.54) is 4.90 Å². The second-order valence-corrected chi connectivity index (χ2v) is 7.74. The standard InChI is InChI=1S/C27H23NO4/c1-18(2)31-21-14-16-23(17-15-21)32-22-12-10-20(11-13-22)9-8-19(3)28-26(29)24-6-4-5-7-25(24)27(28)30/h4-7,10-19H,1-3H3. The van der Waals surface area contributed by atoms with E-state index < -0.39 is 6.04 Å². The molecule has 0 N–H and O–H groups in total. The first kappa shape index (κ1) is 21.2. The fourth-order valence-electron chi connectivity index (χ4n) is 3.41. The van der Waals surface area contributed by atoms with Gasteiger partial charge in [-0.1, -0.05) is 24.0 Å². The third-order valence-corrected chi connectivity index (χ3v) is 4.92. The van der Waals surface area contributed by atoms with Crippen LogP contribution in [0.3, 0.4) is 0 Å². The quantitative estimate of drug-likeness (QED) is 0.411. The van der Waals surface area contributed by atoms with Crippen molar-refractivity contribution in [3.05, 3.63) is 89.5 Å². The van der Waals surface area contributed by atoms with Crippen LogP contribution in [0.5, 0.6) is 17.2 Å². The molecular weight excluding hydrogens is 402 g/mol. The van der Waals surface area contributed by atoms with E-state index >= 15 is 0 Å². The maximum Gasteiger partial charge on any atom is 0.262 e. The van der Waals surface area contributed by atoms with Crippen molar-refractivity contribution < 1.29 is 19.1 Å². The molecule has 0 saturated heterocycles. The zero-order valence-electron chi connectivity index (χ0n) is 18.2. The van der Waals surface area contributed by atoms with Gasteiger partial charge >= 0.3 is 0 Å². The molecule has 4 rings (SSSR count). The highest BCUT2D eigenvalue weighted by atomic mass is 16.5. The Morgan fingerprint density at radius 1 is 0.719 bits per heavy atom. The number of amides is 2. The molecule has 1 unspecified atom stereocenters. The molecule has 160 valence electrons. The molecule has 1 heterocycles. The van der Waals surface area contributed by atoms with Crippen LogP contribution < -0.4 is 9.47 Å². The second-order valence-electron chi connectivity index (χ2n) is 7.74. The van der Waals surface area contributed by atoms with E-state index in [0.717, 1.165) is 11.3 Å². The zero-order valence-corrected chi connectivity index (χ0v) is 18.2. The lowest BCUT2D eigenvalue weighted by atomic mass is 10.1. The molecule has 3 aromatic rings. The van der Waals surface area contributed by atoms with Gasteiger partial charge in [-0.25, -0.2) is 0 Å². The van der Waals surface area contributed by atoms with Gasteiger partial charge in [-0.05, 0) is 81.4 Å². The smallest absolute Gasteiger partial charge is 0.262 e. The lowest BCUT2D eigenvalue weighted by Crippen LogP contribution is -2.37. The number of ether oxygens (including phenoxy) is 2. The Hall–Kier alpha value is -4.04. The Morgan fingerprint density at radius 2 is 1.22 bits per heavy atom. The van der Waals surface area contributed by atoms with Crippen LogP contribution in [0.2, 0.25) is 0 Å². The van der Waals surface area contributed by atoms with Gasteiger partial charge in [0, 0.05) is 5.56 Å². The van der Waals surface area contributed by atoms with E-state index in [0.29, 0.717) is 22.6 Å². The predicted octanol–water partition coefficient (Wildman–Crippen LogP) is 5.30. The van der Waals surface area contributed by atoms with Crippen molar-refractivity contribution in [2.24, 2.45) is 0 Å². The molecule has 0 spiro atoms. The maximum absolute atomic E-state index is 12.6. The van der Waals surface area contributed by atoms with Crippen molar-refractivity contribution in [3.8, 4) is 29.1 Å². The molecule has 32 heavy (non-hydrogen) atoms. The van der Waals surface area contributed by atoms with E-state index in [1.807, 2.05) is 62.4 Å². The van der Waals surface area contributed by atoms with Crippen LogP contribution in [0, 0.1) is 11.8 Å². The lowest BCUT2D eigenvalue weighted by Gasteiger charge is -2.17. The first-order valence-corrected chi connectivity index (χ1v) is 10.5. The van der Waals surface area contributed by atoms with Crippen molar-refractivity contribution >= 4 is 11.8 Å². The molecule has 1 aliphatic rings. The highest BCUT2D eigenvalue weighted by Gasteiger charge is 2.37. The summed E-state index contributed by atoms with van der Waals surface area (Å²) in [5.74, 6) is 7.62. The zero-order chi connectivity index (χ0) is 22.7. The van der Waals surface area contributed by atoms with Crippen LogP contribution in [-0.4, -0.2) is 28.9 Å². The molecule has 0 fully saturated rings. The van der Waals surface area contributed by atoms with Gasteiger partial charge in [0.1, 0.15) is 17.2 Å². The SMILES string of the molecule is CC(C)Oc1ccc(Oc2ccc(C#CC(C)N3C(=O)c4ccccc4C3=O)cc2)cc1. The number of fused-ring (bicyclic) bond motifs is 1. The number of carbonyl (C=O) groups excluding carboxylic acids is 2. The van der Waals surface area contributed by atoms with Crippen molar-refractivity contribution in [3.63, 3.8) is 0 Å². The first-order valence-electron chi connectivity index (χ1n) is 10.5. The number of benzene rings is 3. The van der Waals surface area contributed by atoms with Crippen molar-refractivity contribution in [2.45, 2.75) is 32.9 Å². The fourth-order valence-corrected chi connectivity index (χ4v) is 3.41. The van der Waals surface area contributed by atoms with Crippen LogP contribution >= 0.6 is 0 Å². The Morgan fingerprint density at radius 3 is 1.75 bits per heavy atom. The molecule has 0 radical (unpaired) electrons. The number of nitrogens with zero attached hydrogens (tertiary/aromatic N) is 1. The molecule has 0 bridgehead atoms. The average molecular weight is 425 g/mol. The molecular formula is C27H23NO4. The Labute approximate surface area is 187 Å². The predicted molar refractivity (Wildman–Crippen MR) is 122 cm³/mol. The van der Waals surface area contributed by atoms with E-state index in [4.69, 9.17) is 9.47 Å². The minimum Gasteiger partial charge on any atom is -0.491 e.